The molecule has 0 aliphatic carbocycles. The molecular weight excluding hydrogens is 321 g/mol. The first-order valence-corrected chi connectivity index (χ1v) is 7.51. The van der Waals surface area contributed by atoms with E-state index >= 15 is 0 Å². The van der Waals surface area contributed by atoms with Gasteiger partial charge in [0, 0.05) is 25.7 Å². The maximum absolute atomic E-state index is 12.9. The van der Waals surface area contributed by atoms with Gasteiger partial charge in [-0.3, -0.25) is 9.48 Å². The van der Waals surface area contributed by atoms with Gasteiger partial charge in [0.05, 0.1) is 0 Å². The van der Waals surface area contributed by atoms with Crippen molar-refractivity contribution in [1.29, 1.82) is 0 Å². The third kappa shape index (κ3) is 2.48. The highest BCUT2D eigenvalue weighted by atomic mass is 35.5. The fourth-order valence-electron chi connectivity index (χ4n) is 3.35. The second kappa shape index (κ2) is 5.42. The van der Waals surface area contributed by atoms with Gasteiger partial charge in [-0.2, -0.15) is 18.3 Å². The van der Waals surface area contributed by atoms with E-state index in [4.69, 9.17) is 11.6 Å². The molecule has 5 nitrogen and oxygen atoms in total. The van der Waals surface area contributed by atoms with Gasteiger partial charge in [-0.05, 0) is 25.8 Å². The zero-order valence-electron chi connectivity index (χ0n) is 12.0. The number of aryl methyl sites for hydroxylation is 1. The molecule has 0 aromatic carbocycles. The lowest BCUT2D eigenvalue weighted by molar-refractivity contribution is -0.141. The Labute approximate surface area is 130 Å². The molecule has 2 saturated heterocycles. The number of hydrogen-bond acceptors (Lipinski definition) is 3. The van der Waals surface area contributed by atoms with Crippen LogP contribution in [-0.4, -0.2) is 45.8 Å². The van der Waals surface area contributed by atoms with E-state index in [1.165, 1.54) is 7.05 Å². The van der Waals surface area contributed by atoms with Crippen molar-refractivity contribution >= 4 is 17.5 Å². The van der Waals surface area contributed by atoms with E-state index in [-0.39, 0.29) is 17.8 Å². The highest BCUT2D eigenvalue weighted by Crippen LogP contribution is 2.37. The molecular formula is C13H16ClF3N4O. The van der Waals surface area contributed by atoms with Gasteiger partial charge < -0.3 is 10.2 Å². The smallest absolute Gasteiger partial charge is 0.330 e. The minimum Gasteiger partial charge on any atom is -0.330 e. The van der Waals surface area contributed by atoms with Crippen LogP contribution in [0.5, 0.6) is 0 Å². The Hall–Kier alpha value is -1.28. The molecule has 0 saturated carbocycles. The first-order chi connectivity index (χ1) is 10.3. The van der Waals surface area contributed by atoms with Crippen molar-refractivity contribution in [3.63, 3.8) is 0 Å². The molecule has 1 aromatic heterocycles. The van der Waals surface area contributed by atoms with Gasteiger partial charge in [0.1, 0.15) is 10.7 Å². The minimum absolute atomic E-state index is 0.000281. The van der Waals surface area contributed by atoms with E-state index in [0.29, 0.717) is 6.54 Å². The Bertz CT molecular complexity index is 587. The lowest BCUT2D eigenvalue weighted by Gasteiger charge is -2.27. The quantitative estimate of drug-likeness (QED) is 0.854. The summed E-state index contributed by atoms with van der Waals surface area (Å²) in [7, 11) is 1.31. The van der Waals surface area contributed by atoms with Crippen molar-refractivity contribution in [2.75, 3.05) is 13.1 Å². The maximum atomic E-state index is 12.9. The summed E-state index contributed by atoms with van der Waals surface area (Å²) in [6.07, 6.45) is -2.15. The molecule has 9 heteroatoms. The molecule has 1 amide bonds. The van der Waals surface area contributed by atoms with E-state index in [9.17, 15) is 18.0 Å². The Morgan fingerprint density at radius 2 is 2.00 bits per heavy atom. The highest BCUT2D eigenvalue weighted by Gasteiger charge is 2.44. The number of alkyl halides is 3. The van der Waals surface area contributed by atoms with Crippen molar-refractivity contribution < 1.29 is 18.0 Å². The topological polar surface area (TPSA) is 50.2 Å². The maximum Gasteiger partial charge on any atom is 0.436 e. The monoisotopic (exact) mass is 336 g/mol. The van der Waals surface area contributed by atoms with Crippen molar-refractivity contribution in [2.45, 2.75) is 37.5 Å². The van der Waals surface area contributed by atoms with E-state index < -0.39 is 22.8 Å². The molecule has 122 valence electrons. The van der Waals surface area contributed by atoms with Crippen LogP contribution in [0.3, 0.4) is 0 Å². The van der Waals surface area contributed by atoms with Gasteiger partial charge in [0.15, 0.2) is 5.69 Å². The summed E-state index contributed by atoms with van der Waals surface area (Å²) in [6.45, 7) is 1.46. The average molecular weight is 337 g/mol. The zero-order valence-corrected chi connectivity index (χ0v) is 12.7. The third-order valence-corrected chi connectivity index (χ3v) is 4.71. The van der Waals surface area contributed by atoms with Gasteiger partial charge in [-0.1, -0.05) is 11.6 Å². The molecule has 1 N–H and O–H groups in total. The summed E-state index contributed by atoms with van der Waals surface area (Å²) in [4.78, 5) is 14.5. The molecule has 2 fully saturated rings. The summed E-state index contributed by atoms with van der Waals surface area (Å²) < 4.78 is 39.6. The SMILES string of the molecule is Cn1nc(C(F)(F)F)c(Cl)c1C(=O)N1[C@H]2CCNC[C@@H]1CC2. The van der Waals surface area contributed by atoms with E-state index in [1.54, 1.807) is 4.90 Å². The number of carbonyl (C=O) groups excluding carboxylic acids is 1. The first kappa shape index (κ1) is 15.6. The van der Waals surface area contributed by atoms with E-state index in [0.717, 1.165) is 30.5 Å². The van der Waals surface area contributed by atoms with E-state index in [1.807, 2.05) is 0 Å². The van der Waals surface area contributed by atoms with Crippen LogP contribution in [0.15, 0.2) is 0 Å². The van der Waals surface area contributed by atoms with Crippen LogP contribution in [0.1, 0.15) is 35.4 Å². The zero-order chi connectivity index (χ0) is 16.1. The van der Waals surface area contributed by atoms with Crippen molar-refractivity contribution in [1.82, 2.24) is 20.0 Å². The van der Waals surface area contributed by atoms with Crippen LogP contribution in [0.2, 0.25) is 5.02 Å². The number of nitrogens with zero attached hydrogens (tertiary/aromatic N) is 3. The molecule has 3 heterocycles. The molecule has 2 aliphatic heterocycles. The largest absolute Gasteiger partial charge is 0.436 e. The Balaban J connectivity index is 1.97. The van der Waals surface area contributed by atoms with Crippen molar-refractivity contribution in [3.05, 3.63) is 16.4 Å². The number of amides is 1. The number of aromatic nitrogens is 2. The number of hydrogen-bond donors (Lipinski definition) is 1. The fourth-order valence-corrected chi connectivity index (χ4v) is 3.70. The van der Waals surface area contributed by atoms with Crippen LogP contribution >= 0.6 is 11.6 Å². The van der Waals surface area contributed by atoms with Crippen LogP contribution in [-0.2, 0) is 13.2 Å². The summed E-state index contributed by atoms with van der Waals surface area (Å²) >= 11 is 5.82. The normalized spacial score (nSPS) is 25.4. The lowest BCUT2D eigenvalue weighted by Crippen LogP contribution is -2.43. The fraction of sp³-hybridized carbons (Fsp3) is 0.692. The van der Waals surface area contributed by atoms with Gasteiger partial charge in [-0.25, -0.2) is 0 Å². The standard InChI is InChI=1S/C13H16ClF3N4O/c1-20-10(9(14)11(19-20)13(15,16)17)12(22)21-7-2-3-8(21)6-18-5-4-7/h7-8,18H,2-6H2,1H3/t7-,8+/m1/s1. The lowest BCUT2D eigenvalue weighted by atomic mass is 10.1. The molecule has 0 unspecified atom stereocenters. The van der Waals surface area contributed by atoms with Crippen LogP contribution in [0.4, 0.5) is 13.2 Å². The van der Waals surface area contributed by atoms with Crippen molar-refractivity contribution in [3.8, 4) is 0 Å². The van der Waals surface area contributed by atoms with Gasteiger partial charge in [0.25, 0.3) is 5.91 Å². The number of fused-ring (bicyclic) bond motifs is 2. The van der Waals surface area contributed by atoms with Gasteiger partial charge >= 0.3 is 6.18 Å². The van der Waals surface area contributed by atoms with Crippen LogP contribution < -0.4 is 5.32 Å². The number of carbonyl (C=O) groups is 1. The van der Waals surface area contributed by atoms with Gasteiger partial charge in [-0.15, -0.1) is 0 Å². The van der Waals surface area contributed by atoms with Gasteiger partial charge in [0.2, 0.25) is 0 Å². The van der Waals surface area contributed by atoms with Crippen LogP contribution in [0, 0.1) is 0 Å². The molecule has 2 atom stereocenters. The Morgan fingerprint density at radius 3 is 2.64 bits per heavy atom. The molecule has 3 rings (SSSR count). The molecule has 0 spiro atoms. The van der Waals surface area contributed by atoms with E-state index in [2.05, 4.69) is 10.4 Å². The summed E-state index contributed by atoms with van der Waals surface area (Å²) in [5, 5.41) is 6.02. The Morgan fingerprint density at radius 1 is 1.32 bits per heavy atom. The summed E-state index contributed by atoms with van der Waals surface area (Å²) in [5.74, 6) is -0.466. The first-order valence-electron chi connectivity index (χ1n) is 7.13. The summed E-state index contributed by atoms with van der Waals surface area (Å²) in [5.41, 5.74) is -1.40. The number of nitrogens with one attached hydrogen (secondary N) is 1. The second-order valence-corrected chi connectivity index (χ2v) is 6.10. The Kier molecular flexibility index (Phi) is 3.84. The second-order valence-electron chi connectivity index (χ2n) is 5.72. The predicted octanol–water partition coefficient (Wildman–Crippen LogP) is 2.06. The average Bonchev–Trinajstić information content (AvgIpc) is 2.84. The summed E-state index contributed by atoms with van der Waals surface area (Å²) in [6, 6.07) is 0.0492. The third-order valence-electron chi connectivity index (χ3n) is 4.35. The molecule has 0 radical (unpaired) electrons. The molecule has 22 heavy (non-hydrogen) atoms. The highest BCUT2D eigenvalue weighted by molar-refractivity contribution is 6.34. The molecule has 2 bridgehead atoms. The van der Waals surface area contributed by atoms with Crippen LogP contribution in [0.25, 0.3) is 0 Å². The predicted molar refractivity (Wildman–Crippen MR) is 73.7 cm³/mol. The number of rotatable bonds is 1. The number of halogens is 4. The van der Waals surface area contributed by atoms with Crippen molar-refractivity contribution in [2.24, 2.45) is 7.05 Å². The molecule has 1 aromatic rings. The molecule has 2 aliphatic rings. The minimum atomic E-state index is -4.67.